The Morgan fingerprint density at radius 3 is 2.58 bits per heavy atom. The molecule has 102 valence electrons. The van der Waals surface area contributed by atoms with Gasteiger partial charge in [-0.25, -0.2) is 18.1 Å². The van der Waals surface area contributed by atoms with Gasteiger partial charge >= 0.3 is 0 Å². The number of rotatable bonds is 3. The van der Waals surface area contributed by atoms with E-state index in [0.717, 1.165) is 12.8 Å². The molecule has 19 heavy (non-hydrogen) atoms. The topological polar surface area (TPSA) is 82.9 Å². The zero-order chi connectivity index (χ0) is 14.0. The van der Waals surface area contributed by atoms with Crippen molar-refractivity contribution >= 4 is 10.0 Å². The molecule has 5 nitrogen and oxygen atoms in total. The van der Waals surface area contributed by atoms with Gasteiger partial charge in [-0.15, -0.1) is 0 Å². The van der Waals surface area contributed by atoms with Crippen LogP contribution in [-0.2, 0) is 10.0 Å². The summed E-state index contributed by atoms with van der Waals surface area (Å²) in [6.45, 7) is 4.21. The third-order valence-corrected chi connectivity index (χ3v) is 5.41. The number of nitrogens with zero attached hydrogens (tertiary/aromatic N) is 2. The summed E-state index contributed by atoms with van der Waals surface area (Å²) in [6.07, 6.45) is 3.13. The SMILES string of the molecule is CC1CCC(NS(=O)(=O)c2ccc(C#N)nc2)C1C. The molecule has 1 aliphatic carbocycles. The minimum atomic E-state index is -3.55. The van der Waals surface area contributed by atoms with Crippen molar-refractivity contribution < 1.29 is 8.42 Å². The number of nitriles is 1. The lowest BCUT2D eigenvalue weighted by Crippen LogP contribution is -2.37. The van der Waals surface area contributed by atoms with Gasteiger partial charge in [-0.2, -0.15) is 5.26 Å². The molecule has 6 heteroatoms. The first-order valence-corrected chi connectivity index (χ1v) is 7.81. The molecule has 1 heterocycles. The van der Waals surface area contributed by atoms with Gasteiger partial charge < -0.3 is 0 Å². The molecule has 1 fully saturated rings. The second kappa shape index (κ2) is 5.27. The first-order valence-electron chi connectivity index (χ1n) is 6.32. The quantitative estimate of drug-likeness (QED) is 0.912. The van der Waals surface area contributed by atoms with Crippen LogP contribution in [0.25, 0.3) is 0 Å². The predicted octanol–water partition coefficient (Wildman–Crippen LogP) is 1.67. The molecule has 0 aromatic carbocycles. The smallest absolute Gasteiger partial charge is 0.242 e. The average molecular weight is 279 g/mol. The van der Waals surface area contributed by atoms with Crippen LogP contribution in [0, 0.1) is 23.2 Å². The van der Waals surface area contributed by atoms with Crippen molar-refractivity contribution in [2.75, 3.05) is 0 Å². The number of pyridine rings is 1. The number of aromatic nitrogens is 1. The second-order valence-electron chi connectivity index (χ2n) is 5.13. The molecule has 0 saturated heterocycles. The zero-order valence-corrected chi connectivity index (χ0v) is 11.8. The van der Waals surface area contributed by atoms with E-state index < -0.39 is 10.0 Å². The lowest BCUT2D eigenvalue weighted by Gasteiger charge is -2.19. The van der Waals surface area contributed by atoms with Crippen molar-refractivity contribution in [3.05, 3.63) is 24.0 Å². The van der Waals surface area contributed by atoms with E-state index in [0.29, 0.717) is 11.8 Å². The Labute approximate surface area is 113 Å². The molecule has 0 aliphatic heterocycles. The summed E-state index contributed by atoms with van der Waals surface area (Å²) in [5.41, 5.74) is 0.210. The van der Waals surface area contributed by atoms with Crippen molar-refractivity contribution in [3.8, 4) is 6.07 Å². The third-order valence-electron chi connectivity index (χ3n) is 3.93. The molecule has 3 atom stereocenters. The Morgan fingerprint density at radius 2 is 2.11 bits per heavy atom. The van der Waals surface area contributed by atoms with Crippen LogP contribution in [0.3, 0.4) is 0 Å². The molecule has 3 unspecified atom stereocenters. The maximum Gasteiger partial charge on any atom is 0.242 e. The summed E-state index contributed by atoms with van der Waals surface area (Å²) < 4.78 is 27.2. The molecule has 1 aromatic heterocycles. The molecular weight excluding hydrogens is 262 g/mol. The van der Waals surface area contributed by atoms with Crippen LogP contribution in [0.4, 0.5) is 0 Å². The molecule has 1 N–H and O–H groups in total. The van der Waals surface area contributed by atoms with E-state index >= 15 is 0 Å². The maximum absolute atomic E-state index is 12.2. The zero-order valence-electron chi connectivity index (χ0n) is 11.0. The Hall–Kier alpha value is -1.45. The van der Waals surface area contributed by atoms with Crippen molar-refractivity contribution in [2.45, 2.75) is 37.6 Å². The average Bonchev–Trinajstić information content (AvgIpc) is 2.70. The fraction of sp³-hybridized carbons (Fsp3) is 0.538. The van der Waals surface area contributed by atoms with Gasteiger partial charge in [0.25, 0.3) is 0 Å². The standard InChI is InChI=1S/C13H17N3O2S/c1-9-3-6-13(10(9)2)16-19(17,18)12-5-4-11(7-14)15-8-12/h4-5,8-10,13,16H,3,6H2,1-2H3. The predicted molar refractivity (Wildman–Crippen MR) is 70.6 cm³/mol. The van der Waals surface area contributed by atoms with Gasteiger partial charge in [-0.05, 0) is 36.8 Å². The van der Waals surface area contributed by atoms with Crippen LogP contribution >= 0.6 is 0 Å². The fourth-order valence-corrected chi connectivity index (χ4v) is 3.71. The van der Waals surface area contributed by atoms with Crippen molar-refractivity contribution in [3.63, 3.8) is 0 Å². The van der Waals surface area contributed by atoms with Gasteiger partial charge in [0.1, 0.15) is 16.7 Å². The Balaban J connectivity index is 2.16. The summed E-state index contributed by atoms with van der Waals surface area (Å²) in [5.74, 6) is 0.868. The lowest BCUT2D eigenvalue weighted by molar-refractivity contribution is 0.402. The molecule has 0 bridgehead atoms. The molecule has 1 aromatic rings. The normalized spacial score (nSPS) is 27.1. The molecule has 0 amide bonds. The van der Waals surface area contributed by atoms with E-state index in [-0.39, 0.29) is 16.6 Å². The largest absolute Gasteiger partial charge is 0.244 e. The van der Waals surface area contributed by atoms with Crippen LogP contribution in [0.2, 0.25) is 0 Å². The van der Waals surface area contributed by atoms with E-state index in [4.69, 9.17) is 5.26 Å². The number of nitrogens with one attached hydrogen (secondary N) is 1. The van der Waals surface area contributed by atoms with Crippen LogP contribution in [0.5, 0.6) is 0 Å². The van der Waals surface area contributed by atoms with Crippen molar-refractivity contribution in [2.24, 2.45) is 11.8 Å². The highest BCUT2D eigenvalue weighted by molar-refractivity contribution is 7.89. The van der Waals surface area contributed by atoms with E-state index in [9.17, 15) is 8.42 Å². The van der Waals surface area contributed by atoms with Gasteiger partial charge in [0.15, 0.2) is 0 Å². The summed E-state index contributed by atoms with van der Waals surface area (Å²) in [6, 6.07) is 4.67. The van der Waals surface area contributed by atoms with Gasteiger partial charge in [0.2, 0.25) is 10.0 Å². The van der Waals surface area contributed by atoms with Crippen molar-refractivity contribution in [1.82, 2.24) is 9.71 Å². The van der Waals surface area contributed by atoms with Gasteiger partial charge in [0.05, 0.1) is 0 Å². The van der Waals surface area contributed by atoms with E-state index in [2.05, 4.69) is 23.6 Å². The van der Waals surface area contributed by atoms with Gasteiger partial charge in [-0.3, -0.25) is 0 Å². The highest BCUT2D eigenvalue weighted by Crippen LogP contribution is 2.31. The van der Waals surface area contributed by atoms with Crippen molar-refractivity contribution in [1.29, 1.82) is 5.26 Å². The maximum atomic E-state index is 12.2. The van der Waals surface area contributed by atoms with Gasteiger partial charge in [-0.1, -0.05) is 13.8 Å². The van der Waals surface area contributed by atoms with Crippen LogP contribution < -0.4 is 4.72 Å². The Kier molecular flexibility index (Phi) is 3.88. The highest BCUT2D eigenvalue weighted by atomic mass is 32.2. The fourth-order valence-electron chi connectivity index (χ4n) is 2.40. The summed E-state index contributed by atoms with van der Waals surface area (Å²) in [4.78, 5) is 3.90. The first-order chi connectivity index (χ1) is 8.94. The first kappa shape index (κ1) is 14.0. The Morgan fingerprint density at radius 1 is 1.37 bits per heavy atom. The molecule has 1 saturated carbocycles. The molecule has 1 aliphatic rings. The lowest BCUT2D eigenvalue weighted by atomic mass is 9.98. The second-order valence-corrected chi connectivity index (χ2v) is 6.85. The van der Waals surface area contributed by atoms with Crippen LogP contribution in [0.15, 0.2) is 23.2 Å². The van der Waals surface area contributed by atoms with E-state index in [1.807, 2.05) is 6.07 Å². The summed E-state index contributed by atoms with van der Waals surface area (Å²) in [7, 11) is -3.55. The number of sulfonamides is 1. The molecule has 0 spiro atoms. The van der Waals surface area contributed by atoms with Gasteiger partial charge in [0, 0.05) is 12.2 Å². The number of hydrogen-bond donors (Lipinski definition) is 1. The minimum Gasteiger partial charge on any atom is -0.244 e. The highest BCUT2D eigenvalue weighted by Gasteiger charge is 2.33. The number of hydrogen-bond acceptors (Lipinski definition) is 4. The van der Waals surface area contributed by atoms with Crippen LogP contribution in [-0.4, -0.2) is 19.4 Å². The molecule has 2 rings (SSSR count). The monoisotopic (exact) mass is 279 g/mol. The van der Waals surface area contributed by atoms with E-state index in [1.165, 1.54) is 18.3 Å². The van der Waals surface area contributed by atoms with Crippen LogP contribution in [0.1, 0.15) is 32.4 Å². The molecule has 0 radical (unpaired) electrons. The summed E-state index contributed by atoms with van der Waals surface area (Å²) >= 11 is 0. The minimum absolute atomic E-state index is 0.0179. The Bertz CT molecular complexity index is 589. The summed E-state index contributed by atoms with van der Waals surface area (Å²) in [5, 5.41) is 8.65. The third kappa shape index (κ3) is 2.94. The molecular formula is C13H17N3O2S. The van der Waals surface area contributed by atoms with E-state index in [1.54, 1.807) is 0 Å².